The fourth-order valence-corrected chi connectivity index (χ4v) is 3.31. The molecule has 6 heteroatoms. The van der Waals surface area contributed by atoms with E-state index in [1.165, 1.54) is 16.8 Å². The molecular weight excluding hydrogens is 381 g/mol. The van der Waals surface area contributed by atoms with E-state index in [-0.39, 0.29) is 30.7 Å². The van der Waals surface area contributed by atoms with Crippen LogP contribution in [-0.2, 0) is 19.6 Å². The lowest BCUT2D eigenvalue weighted by atomic mass is 10.1. The van der Waals surface area contributed by atoms with Gasteiger partial charge in [-0.2, -0.15) is 0 Å². The predicted molar refractivity (Wildman–Crippen MR) is 117 cm³/mol. The zero-order valence-electron chi connectivity index (χ0n) is 16.0. The minimum atomic E-state index is -0.0243. The second-order valence-corrected chi connectivity index (χ2v) is 6.52. The molecule has 1 aliphatic heterocycles. The van der Waals surface area contributed by atoms with Crippen molar-refractivity contribution in [3.05, 3.63) is 64.7 Å². The number of rotatable bonds is 7. The number of nitrogens with one attached hydrogen (secondary N) is 2. The number of amides is 1. The first-order chi connectivity index (χ1) is 12.2. The Balaban J connectivity index is 0.00000182. The number of anilines is 1. The lowest BCUT2D eigenvalue weighted by molar-refractivity contribution is 0.0951. The van der Waals surface area contributed by atoms with Crippen LogP contribution in [0.3, 0.4) is 0 Å². The molecule has 2 aromatic carbocycles. The molecule has 0 radical (unpaired) electrons. The Labute approximate surface area is 174 Å². The molecule has 2 N–H and O–H groups in total. The summed E-state index contributed by atoms with van der Waals surface area (Å²) in [5.41, 5.74) is 5.73. The number of carbonyl (C=O) groups excluding carboxylic acids is 1. The highest BCUT2D eigenvalue weighted by molar-refractivity contribution is 5.94. The van der Waals surface area contributed by atoms with Crippen LogP contribution >= 0.6 is 24.8 Å². The van der Waals surface area contributed by atoms with Gasteiger partial charge in [0.25, 0.3) is 5.91 Å². The summed E-state index contributed by atoms with van der Waals surface area (Å²) in [6, 6.07) is 14.3. The number of hydrogen-bond donors (Lipinski definition) is 2. The first kappa shape index (κ1) is 23.3. The lowest BCUT2D eigenvalue weighted by Crippen LogP contribution is -2.24. The van der Waals surface area contributed by atoms with Crippen LogP contribution in [0.25, 0.3) is 0 Å². The third-order valence-corrected chi connectivity index (χ3v) is 4.72. The summed E-state index contributed by atoms with van der Waals surface area (Å²) in [4.78, 5) is 14.7. The predicted octanol–water partition coefficient (Wildman–Crippen LogP) is 4.30. The van der Waals surface area contributed by atoms with Crippen molar-refractivity contribution in [2.24, 2.45) is 0 Å². The van der Waals surface area contributed by atoms with Crippen molar-refractivity contribution in [1.29, 1.82) is 0 Å². The van der Waals surface area contributed by atoms with Crippen molar-refractivity contribution < 1.29 is 4.79 Å². The van der Waals surface area contributed by atoms with Crippen molar-refractivity contribution in [2.75, 3.05) is 18.0 Å². The van der Waals surface area contributed by atoms with Gasteiger partial charge in [0.1, 0.15) is 0 Å². The maximum absolute atomic E-state index is 12.4. The van der Waals surface area contributed by atoms with Crippen LogP contribution in [0.2, 0.25) is 0 Å². The van der Waals surface area contributed by atoms with E-state index in [4.69, 9.17) is 0 Å². The molecule has 0 aliphatic carbocycles. The molecule has 148 valence electrons. The molecule has 1 amide bonds. The normalized spacial score (nSPS) is 11.8. The highest BCUT2D eigenvalue weighted by atomic mass is 35.5. The molecule has 3 rings (SSSR count). The zero-order chi connectivity index (χ0) is 17.6. The van der Waals surface area contributed by atoms with Gasteiger partial charge in [-0.05, 0) is 54.3 Å². The molecule has 27 heavy (non-hydrogen) atoms. The largest absolute Gasteiger partial charge is 0.372 e. The van der Waals surface area contributed by atoms with Crippen molar-refractivity contribution in [3.8, 4) is 0 Å². The van der Waals surface area contributed by atoms with E-state index in [0.717, 1.165) is 38.2 Å². The van der Waals surface area contributed by atoms with E-state index in [1.807, 2.05) is 24.3 Å². The first-order valence-corrected chi connectivity index (χ1v) is 9.16. The molecule has 1 aliphatic rings. The second-order valence-electron chi connectivity index (χ2n) is 6.52. The lowest BCUT2D eigenvalue weighted by Gasteiger charge is -2.22. The van der Waals surface area contributed by atoms with Gasteiger partial charge < -0.3 is 15.5 Å². The SMILES string of the molecule is CCCN(CC)c1ccc(C(=O)NCc2ccc3c(c2)CNC3)cc1.Cl.Cl. The first-order valence-electron chi connectivity index (χ1n) is 9.16. The van der Waals surface area contributed by atoms with Gasteiger partial charge in [-0.1, -0.05) is 25.1 Å². The summed E-state index contributed by atoms with van der Waals surface area (Å²) < 4.78 is 0. The van der Waals surface area contributed by atoms with Crippen LogP contribution in [0.15, 0.2) is 42.5 Å². The van der Waals surface area contributed by atoms with Crippen LogP contribution in [0.4, 0.5) is 5.69 Å². The third kappa shape index (κ3) is 5.86. The Morgan fingerprint density at radius 2 is 1.74 bits per heavy atom. The summed E-state index contributed by atoms with van der Waals surface area (Å²) in [6.45, 7) is 8.78. The number of benzene rings is 2. The summed E-state index contributed by atoms with van der Waals surface area (Å²) in [7, 11) is 0. The number of halogens is 2. The van der Waals surface area contributed by atoms with Crippen LogP contribution in [-0.4, -0.2) is 19.0 Å². The van der Waals surface area contributed by atoms with E-state index < -0.39 is 0 Å². The minimum Gasteiger partial charge on any atom is -0.372 e. The van der Waals surface area contributed by atoms with E-state index in [1.54, 1.807) is 0 Å². The Morgan fingerprint density at radius 3 is 2.41 bits per heavy atom. The zero-order valence-corrected chi connectivity index (χ0v) is 17.6. The fourth-order valence-electron chi connectivity index (χ4n) is 3.31. The quantitative estimate of drug-likeness (QED) is 0.716. The Hall–Kier alpha value is -1.75. The average molecular weight is 410 g/mol. The van der Waals surface area contributed by atoms with E-state index >= 15 is 0 Å². The van der Waals surface area contributed by atoms with Crippen molar-refractivity contribution in [1.82, 2.24) is 10.6 Å². The van der Waals surface area contributed by atoms with Gasteiger partial charge in [0.2, 0.25) is 0 Å². The van der Waals surface area contributed by atoms with Gasteiger partial charge in [0.15, 0.2) is 0 Å². The maximum Gasteiger partial charge on any atom is 0.251 e. The molecule has 0 atom stereocenters. The molecule has 4 nitrogen and oxygen atoms in total. The molecular formula is C21H29Cl2N3O. The number of carbonyl (C=O) groups is 1. The summed E-state index contributed by atoms with van der Waals surface area (Å²) >= 11 is 0. The molecule has 0 unspecified atom stereocenters. The monoisotopic (exact) mass is 409 g/mol. The molecule has 0 saturated heterocycles. The number of hydrogen-bond acceptors (Lipinski definition) is 3. The average Bonchev–Trinajstić information content (AvgIpc) is 3.12. The smallest absolute Gasteiger partial charge is 0.251 e. The van der Waals surface area contributed by atoms with Gasteiger partial charge in [0, 0.05) is 44.0 Å². The maximum atomic E-state index is 12.4. The molecule has 2 aromatic rings. The van der Waals surface area contributed by atoms with E-state index in [2.05, 4.69) is 47.6 Å². The number of nitrogens with zero attached hydrogens (tertiary/aromatic N) is 1. The topological polar surface area (TPSA) is 44.4 Å². The fraction of sp³-hybridized carbons (Fsp3) is 0.381. The van der Waals surface area contributed by atoms with Gasteiger partial charge in [-0.25, -0.2) is 0 Å². The Bertz CT molecular complexity index is 735. The molecule has 0 aromatic heterocycles. The van der Waals surface area contributed by atoms with Gasteiger partial charge in [-0.15, -0.1) is 24.8 Å². The molecule has 0 bridgehead atoms. The Kier molecular flexibility index (Phi) is 9.64. The summed E-state index contributed by atoms with van der Waals surface area (Å²) in [5.74, 6) is -0.0243. The van der Waals surface area contributed by atoms with Crippen molar-refractivity contribution >= 4 is 36.4 Å². The van der Waals surface area contributed by atoms with Gasteiger partial charge in [0.05, 0.1) is 0 Å². The number of fused-ring (bicyclic) bond motifs is 1. The van der Waals surface area contributed by atoms with Crippen molar-refractivity contribution in [2.45, 2.75) is 39.9 Å². The van der Waals surface area contributed by atoms with E-state index in [0.29, 0.717) is 12.1 Å². The molecule has 0 spiro atoms. The van der Waals surface area contributed by atoms with E-state index in [9.17, 15) is 4.79 Å². The highest BCUT2D eigenvalue weighted by Crippen LogP contribution is 2.18. The van der Waals surface area contributed by atoms with Crippen LogP contribution in [0, 0.1) is 0 Å². The van der Waals surface area contributed by atoms with Gasteiger partial charge in [-0.3, -0.25) is 4.79 Å². The highest BCUT2D eigenvalue weighted by Gasteiger charge is 2.11. The van der Waals surface area contributed by atoms with Crippen LogP contribution in [0.5, 0.6) is 0 Å². The molecule has 1 heterocycles. The molecule has 0 saturated carbocycles. The standard InChI is InChI=1S/C21H27N3O.2ClH/c1-3-11-24(4-2)20-9-7-17(8-10-20)21(25)23-13-16-5-6-18-14-22-15-19(18)12-16;;/h5-10,12,22H,3-4,11,13-15H2,1-2H3,(H,23,25);2*1H. The molecule has 0 fully saturated rings. The van der Waals surface area contributed by atoms with Crippen molar-refractivity contribution in [3.63, 3.8) is 0 Å². The van der Waals surface area contributed by atoms with Gasteiger partial charge >= 0.3 is 0 Å². The minimum absolute atomic E-state index is 0. The third-order valence-electron chi connectivity index (χ3n) is 4.72. The van der Waals surface area contributed by atoms with Crippen LogP contribution in [0.1, 0.15) is 47.3 Å². The van der Waals surface area contributed by atoms with Crippen LogP contribution < -0.4 is 15.5 Å². The Morgan fingerprint density at radius 1 is 1.04 bits per heavy atom. The second kappa shape index (κ2) is 11.2. The summed E-state index contributed by atoms with van der Waals surface area (Å²) in [5, 5.41) is 6.36. The summed E-state index contributed by atoms with van der Waals surface area (Å²) in [6.07, 6.45) is 1.12.